The number of alkyl halides is 1. The van der Waals surface area contributed by atoms with E-state index in [1.807, 2.05) is 28.8 Å². The molecule has 2 aromatic heterocycles. The third kappa shape index (κ3) is 4.25. The Hall–Kier alpha value is -3.90. The van der Waals surface area contributed by atoms with Gasteiger partial charge in [0.05, 0.1) is 5.56 Å². The molecule has 6 heteroatoms. The smallest absolute Gasteiger partial charge is 0.335 e. The highest BCUT2D eigenvalue weighted by molar-refractivity contribution is 9.08. The fourth-order valence-corrected chi connectivity index (χ4v) is 4.13. The van der Waals surface area contributed by atoms with E-state index < -0.39 is 5.97 Å². The van der Waals surface area contributed by atoms with Crippen LogP contribution >= 0.6 is 15.9 Å². The van der Waals surface area contributed by atoms with Crippen LogP contribution in [-0.4, -0.2) is 20.5 Å². The monoisotopic (exact) mass is 497 g/mol. The van der Waals surface area contributed by atoms with Gasteiger partial charge in [0.2, 0.25) is 0 Å². The first-order valence-corrected chi connectivity index (χ1v) is 11.6. The normalized spacial score (nSPS) is 10.9. The number of benzene rings is 3. The molecule has 0 saturated heterocycles. The molecule has 162 valence electrons. The minimum Gasteiger partial charge on any atom is -0.478 e. The van der Waals surface area contributed by atoms with Crippen molar-refractivity contribution in [2.75, 3.05) is 5.32 Å². The summed E-state index contributed by atoms with van der Waals surface area (Å²) in [5.74, 6) is -0.128. The highest BCUT2D eigenvalue weighted by atomic mass is 79.9. The lowest BCUT2D eigenvalue weighted by Crippen LogP contribution is -1.99. The van der Waals surface area contributed by atoms with Gasteiger partial charge in [0.25, 0.3) is 0 Å². The Labute approximate surface area is 199 Å². The zero-order valence-corrected chi connectivity index (χ0v) is 19.2. The number of hydrogen-bond acceptors (Lipinski definition) is 3. The third-order valence-electron chi connectivity index (χ3n) is 5.51. The van der Waals surface area contributed by atoms with Gasteiger partial charge in [0, 0.05) is 22.8 Å². The summed E-state index contributed by atoms with van der Waals surface area (Å²) < 4.78 is 2.02. The van der Waals surface area contributed by atoms with Gasteiger partial charge in [0.15, 0.2) is 0 Å². The molecule has 2 N–H and O–H groups in total. The lowest BCUT2D eigenvalue weighted by atomic mass is 10.1. The maximum Gasteiger partial charge on any atom is 0.335 e. The van der Waals surface area contributed by atoms with Crippen LogP contribution in [-0.2, 0) is 5.33 Å². The molecule has 5 rings (SSSR count). The summed E-state index contributed by atoms with van der Waals surface area (Å²) in [5.41, 5.74) is 7.08. The van der Waals surface area contributed by atoms with Crippen molar-refractivity contribution < 1.29 is 9.90 Å². The summed E-state index contributed by atoms with van der Waals surface area (Å²) in [7, 11) is 0. The van der Waals surface area contributed by atoms with Crippen LogP contribution in [0.3, 0.4) is 0 Å². The predicted octanol–water partition coefficient (Wildman–Crippen LogP) is 7.01. The second-order valence-electron chi connectivity index (χ2n) is 7.66. The van der Waals surface area contributed by atoms with Gasteiger partial charge >= 0.3 is 5.97 Å². The maximum atomic E-state index is 11.2. The number of anilines is 2. The first-order valence-electron chi connectivity index (χ1n) is 10.5. The number of nitrogens with zero attached hydrogens (tertiary/aromatic N) is 2. The SMILES string of the molecule is O=C(O)c1ccc(Nc2c(-c3ccc(CBr)cc3)nc3cc(-c4ccccc4)ccn23)cc1. The molecule has 5 nitrogen and oxygen atoms in total. The zero-order valence-electron chi connectivity index (χ0n) is 17.6. The standard InChI is InChI=1S/C27H20BrN3O2/c28-17-18-6-8-20(9-7-18)25-26(29-23-12-10-21(11-13-23)27(32)33)31-15-14-22(16-24(31)30-25)19-4-2-1-3-5-19/h1-16,29H,17H2,(H,32,33). The van der Waals surface area contributed by atoms with Crippen LogP contribution in [0.4, 0.5) is 11.5 Å². The summed E-state index contributed by atoms with van der Waals surface area (Å²) >= 11 is 3.50. The fourth-order valence-electron chi connectivity index (χ4n) is 3.76. The van der Waals surface area contributed by atoms with Gasteiger partial charge in [-0.3, -0.25) is 4.40 Å². The maximum absolute atomic E-state index is 11.2. The van der Waals surface area contributed by atoms with E-state index in [2.05, 4.69) is 69.8 Å². The van der Waals surface area contributed by atoms with Crippen molar-refractivity contribution in [3.8, 4) is 22.4 Å². The number of carboxylic acid groups (broad SMARTS) is 1. The van der Waals surface area contributed by atoms with E-state index in [1.165, 1.54) is 5.56 Å². The molecule has 0 aliphatic rings. The zero-order chi connectivity index (χ0) is 22.8. The quantitative estimate of drug-likeness (QED) is 0.247. The molecule has 0 saturated carbocycles. The van der Waals surface area contributed by atoms with Crippen LogP contribution in [0, 0.1) is 0 Å². The van der Waals surface area contributed by atoms with Crippen LogP contribution in [0.15, 0.2) is 97.2 Å². The number of halogens is 1. The topological polar surface area (TPSA) is 66.6 Å². The molecule has 0 fully saturated rings. The Morgan fingerprint density at radius 1 is 0.879 bits per heavy atom. The third-order valence-corrected chi connectivity index (χ3v) is 6.16. The van der Waals surface area contributed by atoms with Crippen LogP contribution in [0.5, 0.6) is 0 Å². The number of aromatic nitrogens is 2. The van der Waals surface area contributed by atoms with E-state index in [9.17, 15) is 9.90 Å². The molecule has 2 heterocycles. The van der Waals surface area contributed by atoms with Crippen molar-refractivity contribution in [2.24, 2.45) is 0 Å². The number of aromatic carboxylic acids is 1. The van der Waals surface area contributed by atoms with E-state index in [-0.39, 0.29) is 5.56 Å². The molecule has 3 aromatic carbocycles. The first kappa shape index (κ1) is 21.0. The number of nitrogens with one attached hydrogen (secondary N) is 1. The molecule has 0 amide bonds. The summed E-state index contributed by atoms with van der Waals surface area (Å²) in [6.07, 6.45) is 2.01. The molecule has 0 bridgehead atoms. The van der Waals surface area contributed by atoms with Crippen molar-refractivity contribution in [1.29, 1.82) is 0 Å². The van der Waals surface area contributed by atoms with Gasteiger partial charge < -0.3 is 10.4 Å². The van der Waals surface area contributed by atoms with Crippen LogP contribution < -0.4 is 5.32 Å². The lowest BCUT2D eigenvalue weighted by molar-refractivity contribution is 0.0697. The molecular formula is C27H20BrN3O2. The van der Waals surface area contributed by atoms with Crippen molar-refractivity contribution in [1.82, 2.24) is 9.38 Å². The van der Waals surface area contributed by atoms with Crippen molar-refractivity contribution in [3.05, 3.63) is 108 Å². The molecule has 5 aromatic rings. The van der Waals surface area contributed by atoms with Gasteiger partial charge in [-0.05, 0) is 53.1 Å². The lowest BCUT2D eigenvalue weighted by Gasteiger charge is -2.10. The Kier molecular flexibility index (Phi) is 5.67. The molecule has 0 aliphatic heterocycles. The Bertz CT molecular complexity index is 1430. The van der Waals surface area contributed by atoms with Gasteiger partial charge in [0.1, 0.15) is 17.2 Å². The van der Waals surface area contributed by atoms with E-state index >= 15 is 0 Å². The number of pyridine rings is 1. The molecule has 0 radical (unpaired) electrons. The van der Waals surface area contributed by atoms with Crippen LogP contribution in [0.1, 0.15) is 15.9 Å². The minimum atomic E-state index is -0.947. The highest BCUT2D eigenvalue weighted by Crippen LogP contribution is 2.33. The number of rotatable bonds is 6. The molecule has 0 atom stereocenters. The summed E-state index contributed by atoms with van der Waals surface area (Å²) in [6, 6.07) is 29.3. The minimum absolute atomic E-state index is 0.247. The number of imidazole rings is 1. The summed E-state index contributed by atoms with van der Waals surface area (Å²) in [4.78, 5) is 16.2. The van der Waals surface area contributed by atoms with Crippen molar-refractivity contribution in [2.45, 2.75) is 5.33 Å². The molecular weight excluding hydrogens is 478 g/mol. The van der Waals surface area contributed by atoms with Crippen molar-refractivity contribution >= 4 is 39.1 Å². The molecule has 0 unspecified atom stereocenters. The second-order valence-corrected chi connectivity index (χ2v) is 8.22. The van der Waals surface area contributed by atoms with Gasteiger partial charge in [-0.15, -0.1) is 0 Å². The van der Waals surface area contributed by atoms with Gasteiger partial charge in [-0.2, -0.15) is 0 Å². The van der Waals surface area contributed by atoms with E-state index in [0.717, 1.165) is 44.9 Å². The second kappa shape index (κ2) is 8.92. The Balaban J connectivity index is 1.62. The highest BCUT2D eigenvalue weighted by Gasteiger charge is 2.16. The van der Waals surface area contributed by atoms with Crippen LogP contribution in [0.2, 0.25) is 0 Å². The average molecular weight is 498 g/mol. The van der Waals surface area contributed by atoms with E-state index in [4.69, 9.17) is 4.98 Å². The Morgan fingerprint density at radius 2 is 1.61 bits per heavy atom. The van der Waals surface area contributed by atoms with Crippen molar-refractivity contribution in [3.63, 3.8) is 0 Å². The molecule has 0 spiro atoms. The first-order chi connectivity index (χ1) is 16.1. The number of hydrogen-bond donors (Lipinski definition) is 2. The average Bonchev–Trinajstić information content (AvgIpc) is 3.22. The largest absolute Gasteiger partial charge is 0.478 e. The van der Waals surface area contributed by atoms with E-state index in [1.54, 1.807) is 24.3 Å². The molecule has 33 heavy (non-hydrogen) atoms. The summed E-state index contributed by atoms with van der Waals surface area (Å²) in [5, 5.41) is 13.4. The number of carboxylic acids is 1. The van der Waals surface area contributed by atoms with Gasteiger partial charge in [-0.25, -0.2) is 9.78 Å². The predicted molar refractivity (Wildman–Crippen MR) is 135 cm³/mol. The number of fused-ring (bicyclic) bond motifs is 1. The number of carbonyl (C=O) groups is 1. The fraction of sp³-hybridized carbons (Fsp3) is 0.0370. The van der Waals surface area contributed by atoms with Crippen LogP contribution in [0.25, 0.3) is 28.0 Å². The molecule has 0 aliphatic carbocycles. The summed E-state index contributed by atoms with van der Waals surface area (Å²) in [6.45, 7) is 0. The Morgan fingerprint density at radius 3 is 2.27 bits per heavy atom. The van der Waals surface area contributed by atoms with Gasteiger partial charge in [-0.1, -0.05) is 70.5 Å². The van der Waals surface area contributed by atoms with E-state index in [0.29, 0.717) is 0 Å².